The van der Waals surface area contributed by atoms with E-state index in [1.807, 2.05) is 6.07 Å². The number of nitrogens with one attached hydrogen (secondary N) is 2. The fourth-order valence-corrected chi connectivity index (χ4v) is 2.18. The number of para-hydroxylation sites is 2. The highest BCUT2D eigenvalue weighted by Crippen LogP contribution is 2.25. The van der Waals surface area contributed by atoms with E-state index in [1.54, 1.807) is 36.4 Å². The average Bonchev–Trinajstić information content (AvgIpc) is 2.37. The molecule has 2 aromatic carbocycles. The van der Waals surface area contributed by atoms with E-state index in [1.165, 1.54) is 7.11 Å². The van der Waals surface area contributed by atoms with Crippen LogP contribution in [0.2, 0.25) is 10.0 Å². The maximum absolute atomic E-state index is 11.9. The zero-order valence-corrected chi connectivity index (χ0v) is 12.1. The van der Waals surface area contributed by atoms with E-state index in [4.69, 9.17) is 27.9 Å². The Kier molecular flexibility index (Phi) is 4.71. The second-order valence-corrected chi connectivity index (χ2v) is 4.81. The van der Waals surface area contributed by atoms with Gasteiger partial charge in [-0.1, -0.05) is 35.3 Å². The molecule has 6 heteroatoms. The van der Waals surface area contributed by atoms with Crippen LogP contribution in [-0.2, 0) is 0 Å². The lowest BCUT2D eigenvalue weighted by molar-refractivity contribution is 0.262. The van der Waals surface area contributed by atoms with Crippen molar-refractivity contribution in [1.29, 1.82) is 0 Å². The lowest BCUT2D eigenvalue weighted by Gasteiger charge is -2.11. The normalized spacial score (nSPS) is 9.95. The molecule has 2 aromatic rings. The summed E-state index contributed by atoms with van der Waals surface area (Å²) < 4.78 is 5.15. The number of hydrogen-bond donors (Lipinski definition) is 2. The van der Waals surface area contributed by atoms with Gasteiger partial charge in [-0.25, -0.2) is 4.79 Å². The van der Waals surface area contributed by atoms with Crippen LogP contribution in [0, 0.1) is 0 Å². The van der Waals surface area contributed by atoms with Gasteiger partial charge in [0, 0.05) is 15.7 Å². The molecule has 4 nitrogen and oxygen atoms in total. The molecule has 0 aliphatic carbocycles. The van der Waals surface area contributed by atoms with Crippen molar-refractivity contribution in [3.8, 4) is 5.75 Å². The van der Waals surface area contributed by atoms with Crippen molar-refractivity contribution in [3.63, 3.8) is 0 Å². The van der Waals surface area contributed by atoms with Gasteiger partial charge in [0.15, 0.2) is 0 Å². The van der Waals surface area contributed by atoms with Crippen LogP contribution in [0.5, 0.6) is 5.75 Å². The molecule has 104 valence electrons. The van der Waals surface area contributed by atoms with E-state index >= 15 is 0 Å². The minimum Gasteiger partial charge on any atom is -0.495 e. The first-order valence-electron chi connectivity index (χ1n) is 5.75. The molecule has 0 saturated heterocycles. The molecule has 20 heavy (non-hydrogen) atoms. The van der Waals surface area contributed by atoms with Gasteiger partial charge in [0.2, 0.25) is 0 Å². The van der Waals surface area contributed by atoms with Crippen LogP contribution in [0.1, 0.15) is 0 Å². The number of benzene rings is 2. The van der Waals surface area contributed by atoms with Gasteiger partial charge in [0.25, 0.3) is 0 Å². The summed E-state index contributed by atoms with van der Waals surface area (Å²) in [7, 11) is 1.54. The van der Waals surface area contributed by atoms with E-state index in [2.05, 4.69) is 10.6 Å². The van der Waals surface area contributed by atoms with Crippen LogP contribution in [0.25, 0.3) is 0 Å². The van der Waals surface area contributed by atoms with Gasteiger partial charge in [-0.15, -0.1) is 0 Å². The Morgan fingerprint density at radius 3 is 2.35 bits per heavy atom. The Hall–Kier alpha value is -1.91. The third-order valence-electron chi connectivity index (χ3n) is 2.48. The summed E-state index contributed by atoms with van der Waals surface area (Å²) in [6, 6.07) is 11.5. The maximum Gasteiger partial charge on any atom is 0.323 e. The number of anilines is 2. The average molecular weight is 311 g/mol. The van der Waals surface area contributed by atoms with Crippen LogP contribution in [0.3, 0.4) is 0 Å². The van der Waals surface area contributed by atoms with Crippen molar-refractivity contribution >= 4 is 40.6 Å². The predicted molar refractivity (Wildman–Crippen MR) is 82.1 cm³/mol. The molecule has 0 aliphatic rings. The molecule has 0 atom stereocenters. The van der Waals surface area contributed by atoms with Gasteiger partial charge >= 0.3 is 6.03 Å². The van der Waals surface area contributed by atoms with Gasteiger partial charge in [0.1, 0.15) is 5.75 Å². The van der Waals surface area contributed by atoms with E-state index in [-0.39, 0.29) is 0 Å². The topological polar surface area (TPSA) is 50.4 Å². The highest BCUT2D eigenvalue weighted by atomic mass is 35.5. The zero-order chi connectivity index (χ0) is 14.5. The van der Waals surface area contributed by atoms with Gasteiger partial charge in [-0.05, 0) is 30.3 Å². The molecule has 2 amide bonds. The molecule has 0 aliphatic heterocycles. The molecule has 0 heterocycles. The summed E-state index contributed by atoms with van der Waals surface area (Å²) in [5, 5.41) is 6.23. The summed E-state index contributed by atoms with van der Waals surface area (Å²) in [6.45, 7) is 0. The molecule has 2 N–H and O–H groups in total. The second kappa shape index (κ2) is 6.50. The fraction of sp³-hybridized carbons (Fsp3) is 0.0714. The van der Waals surface area contributed by atoms with Crippen molar-refractivity contribution in [1.82, 2.24) is 0 Å². The number of carbonyl (C=O) groups excluding carboxylic acids is 1. The van der Waals surface area contributed by atoms with Gasteiger partial charge in [0.05, 0.1) is 12.8 Å². The highest BCUT2D eigenvalue weighted by molar-refractivity contribution is 6.35. The Morgan fingerprint density at radius 1 is 1.05 bits per heavy atom. The Morgan fingerprint density at radius 2 is 1.70 bits per heavy atom. The summed E-state index contributed by atoms with van der Waals surface area (Å²) >= 11 is 11.7. The molecule has 0 spiro atoms. The largest absolute Gasteiger partial charge is 0.495 e. The minimum absolute atomic E-state index is 0.409. The van der Waals surface area contributed by atoms with E-state index < -0.39 is 6.03 Å². The Bertz CT molecular complexity index is 612. The van der Waals surface area contributed by atoms with Crippen LogP contribution >= 0.6 is 23.2 Å². The number of methoxy groups -OCH3 is 1. The molecular formula is C14H12Cl2N2O2. The molecule has 0 radical (unpaired) electrons. The monoisotopic (exact) mass is 310 g/mol. The first kappa shape index (κ1) is 14.5. The number of halogens is 2. The molecule has 0 unspecified atom stereocenters. The van der Waals surface area contributed by atoms with E-state index in [9.17, 15) is 4.79 Å². The quantitative estimate of drug-likeness (QED) is 0.867. The smallest absolute Gasteiger partial charge is 0.323 e. The molecule has 0 fully saturated rings. The van der Waals surface area contributed by atoms with Gasteiger partial charge in [-0.2, -0.15) is 0 Å². The van der Waals surface area contributed by atoms with Crippen molar-refractivity contribution in [2.45, 2.75) is 0 Å². The van der Waals surface area contributed by atoms with E-state index in [0.29, 0.717) is 27.2 Å². The summed E-state index contributed by atoms with van der Waals surface area (Å²) in [5.74, 6) is 0.576. The van der Waals surface area contributed by atoms with Crippen molar-refractivity contribution in [2.24, 2.45) is 0 Å². The first-order chi connectivity index (χ1) is 9.58. The summed E-state index contributed by atoms with van der Waals surface area (Å²) in [5.41, 5.74) is 1.08. The lowest BCUT2D eigenvalue weighted by Crippen LogP contribution is -2.19. The van der Waals surface area contributed by atoms with Crippen LogP contribution < -0.4 is 15.4 Å². The minimum atomic E-state index is -0.409. The SMILES string of the molecule is COc1ccccc1NC(=O)Nc1cc(Cl)cc(Cl)c1. The lowest BCUT2D eigenvalue weighted by atomic mass is 10.3. The van der Waals surface area contributed by atoms with Crippen LogP contribution in [-0.4, -0.2) is 13.1 Å². The van der Waals surface area contributed by atoms with Gasteiger partial charge in [-0.3, -0.25) is 0 Å². The standard InChI is InChI=1S/C14H12Cl2N2O2/c1-20-13-5-3-2-4-12(13)18-14(19)17-11-7-9(15)6-10(16)8-11/h2-8H,1H3,(H2,17,18,19). The third-order valence-corrected chi connectivity index (χ3v) is 2.91. The zero-order valence-electron chi connectivity index (χ0n) is 10.6. The number of ether oxygens (including phenoxy) is 1. The van der Waals surface area contributed by atoms with Crippen LogP contribution in [0.4, 0.5) is 16.2 Å². The number of amides is 2. The Labute approximate surface area is 126 Å². The predicted octanol–water partition coefficient (Wildman–Crippen LogP) is 4.65. The van der Waals surface area contributed by atoms with Gasteiger partial charge < -0.3 is 15.4 Å². The fourth-order valence-electron chi connectivity index (χ4n) is 1.66. The number of hydrogen-bond acceptors (Lipinski definition) is 2. The molecule has 0 saturated carbocycles. The van der Waals surface area contributed by atoms with Crippen molar-refractivity contribution in [3.05, 3.63) is 52.5 Å². The van der Waals surface area contributed by atoms with Crippen molar-refractivity contribution in [2.75, 3.05) is 17.7 Å². The number of urea groups is 1. The van der Waals surface area contributed by atoms with Crippen LogP contribution in [0.15, 0.2) is 42.5 Å². The maximum atomic E-state index is 11.9. The van der Waals surface area contributed by atoms with Crippen molar-refractivity contribution < 1.29 is 9.53 Å². The number of carbonyl (C=O) groups is 1. The highest BCUT2D eigenvalue weighted by Gasteiger charge is 2.07. The third kappa shape index (κ3) is 3.79. The molecule has 0 aromatic heterocycles. The summed E-state index contributed by atoms with van der Waals surface area (Å²) in [6.07, 6.45) is 0. The molecule has 0 bridgehead atoms. The second-order valence-electron chi connectivity index (χ2n) is 3.94. The molecule has 2 rings (SSSR count). The summed E-state index contributed by atoms with van der Waals surface area (Å²) in [4.78, 5) is 11.9. The van der Waals surface area contributed by atoms with E-state index in [0.717, 1.165) is 0 Å². The number of rotatable bonds is 3. The molecular weight excluding hydrogens is 299 g/mol. The Balaban J connectivity index is 2.09. The first-order valence-corrected chi connectivity index (χ1v) is 6.51.